The minimum Gasteiger partial charge on any atom is -0.349 e. The van der Waals surface area contributed by atoms with Gasteiger partial charge in [0.15, 0.2) is 5.79 Å². The maximum absolute atomic E-state index is 6.16. The lowest BCUT2D eigenvalue weighted by Crippen LogP contribution is -2.51. The molecule has 2 aliphatic heterocycles. The van der Waals surface area contributed by atoms with Crippen LogP contribution >= 0.6 is 11.8 Å². The summed E-state index contributed by atoms with van der Waals surface area (Å²) < 4.78 is 12.3. The normalized spacial score (nSPS) is 34.5. The summed E-state index contributed by atoms with van der Waals surface area (Å²) in [6.07, 6.45) is 10.4. The Morgan fingerprint density at radius 2 is 1.27 bits per heavy atom. The molecule has 0 aromatic rings. The van der Waals surface area contributed by atoms with E-state index < -0.39 is 0 Å². The Morgan fingerprint density at radius 3 is 1.86 bits per heavy atom. The molecule has 0 aromatic heterocycles. The minimum atomic E-state index is -0.334. The average Bonchev–Trinajstić information content (AvgIpc) is 2.85. The number of rotatable bonds is 0. The van der Waals surface area contributed by atoms with Crippen molar-refractivity contribution in [1.29, 1.82) is 0 Å². The lowest BCUT2D eigenvalue weighted by Gasteiger charge is -2.48. The molecule has 124 valence electrons. The summed E-state index contributed by atoms with van der Waals surface area (Å²) in [5.74, 6) is -0.334. The third-order valence-electron chi connectivity index (χ3n) is 5.67. The second-order valence-corrected chi connectivity index (χ2v) is 10.1. The Labute approximate surface area is 137 Å². The molecule has 4 nitrogen and oxygen atoms in total. The fraction of sp³-hybridized carbons (Fsp3) is 1.00. The zero-order valence-electron chi connectivity index (χ0n) is 13.9. The van der Waals surface area contributed by atoms with Gasteiger partial charge in [0.2, 0.25) is 0 Å². The zero-order valence-corrected chi connectivity index (χ0v) is 14.7. The van der Waals surface area contributed by atoms with E-state index in [2.05, 4.69) is 25.6 Å². The molecule has 1 saturated heterocycles. The monoisotopic (exact) mass is 324 g/mol. The van der Waals surface area contributed by atoms with Crippen LogP contribution in [-0.4, -0.2) is 28.7 Å². The maximum atomic E-state index is 6.16. The van der Waals surface area contributed by atoms with Crippen LogP contribution in [0.2, 0.25) is 0 Å². The Morgan fingerprint density at radius 1 is 0.727 bits per heavy atom. The van der Waals surface area contributed by atoms with Crippen LogP contribution in [-0.2, 0) is 9.47 Å². The number of hydrogen-bond donors (Lipinski definition) is 0. The molecule has 22 heavy (non-hydrogen) atoms. The molecular weight excluding hydrogens is 296 g/mol. The number of ether oxygens (including phenoxy) is 2. The smallest absolute Gasteiger partial charge is 0.168 e. The van der Waals surface area contributed by atoms with Crippen molar-refractivity contribution in [3.8, 4) is 0 Å². The van der Waals surface area contributed by atoms with Crippen LogP contribution in [0.3, 0.4) is 0 Å². The van der Waals surface area contributed by atoms with Crippen molar-refractivity contribution in [2.75, 3.05) is 13.2 Å². The van der Waals surface area contributed by atoms with Gasteiger partial charge in [0.05, 0.1) is 13.2 Å². The number of hydrogen-bond acceptors (Lipinski definition) is 5. The largest absolute Gasteiger partial charge is 0.349 e. The standard InChI is InChI=1S/C17H28N2O2S/c1-14(2)12-20-17(21-13-14)10-8-16(9-11-17)19-18-15(22-16)6-4-3-5-7-15/h3-13H2,1-2H3. The molecule has 0 atom stereocenters. The maximum Gasteiger partial charge on any atom is 0.168 e. The molecule has 2 saturated carbocycles. The van der Waals surface area contributed by atoms with Crippen LogP contribution in [0.1, 0.15) is 71.6 Å². The average molecular weight is 324 g/mol. The van der Waals surface area contributed by atoms with Crippen LogP contribution in [0.25, 0.3) is 0 Å². The molecule has 4 rings (SSSR count). The predicted octanol–water partition coefficient (Wildman–Crippen LogP) is 4.89. The predicted molar refractivity (Wildman–Crippen MR) is 87.9 cm³/mol. The molecule has 0 aromatic carbocycles. The van der Waals surface area contributed by atoms with E-state index in [-0.39, 0.29) is 20.9 Å². The van der Waals surface area contributed by atoms with Crippen LogP contribution in [0.5, 0.6) is 0 Å². The second-order valence-electron chi connectivity index (χ2n) is 8.41. The van der Waals surface area contributed by atoms with Gasteiger partial charge < -0.3 is 9.47 Å². The van der Waals surface area contributed by atoms with Crippen LogP contribution in [0, 0.1) is 5.41 Å². The van der Waals surface area contributed by atoms with Gasteiger partial charge >= 0.3 is 0 Å². The molecule has 3 spiro atoms. The van der Waals surface area contributed by atoms with Crippen LogP contribution in [0.15, 0.2) is 10.2 Å². The Kier molecular flexibility index (Phi) is 3.63. The van der Waals surface area contributed by atoms with Gasteiger partial charge in [0.25, 0.3) is 0 Å². The Bertz CT molecular complexity index is 451. The summed E-state index contributed by atoms with van der Waals surface area (Å²) in [6, 6.07) is 0. The first kappa shape index (κ1) is 15.4. The van der Waals surface area contributed by atoms with E-state index in [0.717, 1.165) is 38.9 Å². The lowest BCUT2D eigenvalue weighted by molar-refractivity contribution is -0.311. The number of thioether (sulfide) groups is 1. The molecule has 0 bridgehead atoms. The quantitative estimate of drug-likeness (QED) is 0.637. The van der Waals surface area contributed by atoms with Crippen molar-refractivity contribution in [2.45, 2.75) is 87.2 Å². The summed E-state index contributed by atoms with van der Waals surface area (Å²) in [4.78, 5) is 0.126. The number of azo groups is 1. The van der Waals surface area contributed by atoms with E-state index in [4.69, 9.17) is 19.7 Å². The fourth-order valence-corrected chi connectivity index (χ4v) is 5.90. The van der Waals surface area contributed by atoms with E-state index in [1.807, 2.05) is 0 Å². The molecule has 0 unspecified atom stereocenters. The Hall–Kier alpha value is -0.130. The fourth-order valence-electron chi connectivity index (χ4n) is 4.13. The first-order chi connectivity index (χ1) is 10.4. The van der Waals surface area contributed by atoms with Gasteiger partial charge in [-0.1, -0.05) is 44.9 Å². The SMILES string of the molecule is CC1(C)COC2(CCC3(CC2)N=NC2(CCCCC2)S3)OC1. The van der Waals surface area contributed by atoms with E-state index in [9.17, 15) is 0 Å². The molecule has 0 N–H and O–H groups in total. The van der Waals surface area contributed by atoms with E-state index >= 15 is 0 Å². The molecule has 2 aliphatic carbocycles. The summed E-state index contributed by atoms with van der Waals surface area (Å²) >= 11 is 2.06. The lowest BCUT2D eigenvalue weighted by atomic mass is 9.87. The van der Waals surface area contributed by atoms with Gasteiger partial charge in [0.1, 0.15) is 9.74 Å². The first-order valence-electron chi connectivity index (χ1n) is 8.87. The summed E-state index contributed by atoms with van der Waals surface area (Å²) in [5, 5.41) is 9.55. The number of nitrogens with zero attached hydrogens (tertiary/aromatic N) is 2. The van der Waals surface area contributed by atoms with Gasteiger partial charge in [-0.2, -0.15) is 10.2 Å². The second kappa shape index (κ2) is 5.18. The topological polar surface area (TPSA) is 43.2 Å². The summed E-state index contributed by atoms with van der Waals surface area (Å²) in [7, 11) is 0. The highest BCUT2D eigenvalue weighted by Gasteiger charge is 2.54. The van der Waals surface area contributed by atoms with Crippen molar-refractivity contribution in [3.05, 3.63) is 0 Å². The molecule has 5 heteroatoms. The third kappa shape index (κ3) is 2.73. The molecule has 4 aliphatic rings. The summed E-state index contributed by atoms with van der Waals surface area (Å²) in [6.45, 7) is 6.02. The van der Waals surface area contributed by atoms with Gasteiger partial charge in [-0.15, -0.1) is 0 Å². The van der Waals surface area contributed by atoms with Crippen molar-refractivity contribution < 1.29 is 9.47 Å². The van der Waals surface area contributed by atoms with Crippen LogP contribution < -0.4 is 0 Å². The van der Waals surface area contributed by atoms with Crippen molar-refractivity contribution in [3.63, 3.8) is 0 Å². The van der Waals surface area contributed by atoms with Crippen molar-refractivity contribution in [1.82, 2.24) is 0 Å². The zero-order chi connectivity index (χ0) is 15.3. The highest BCUT2D eigenvalue weighted by molar-refractivity contribution is 8.02. The summed E-state index contributed by atoms with van der Waals surface area (Å²) in [5.41, 5.74) is 0.147. The van der Waals surface area contributed by atoms with Crippen molar-refractivity contribution >= 4 is 11.8 Å². The van der Waals surface area contributed by atoms with E-state index in [0.29, 0.717) is 0 Å². The molecule has 2 heterocycles. The minimum absolute atomic E-state index is 0.0161. The van der Waals surface area contributed by atoms with Gasteiger partial charge in [-0.25, -0.2) is 0 Å². The van der Waals surface area contributed by atoms with Crippen molar-refractivity contribution in [2.24, 2.45) is 15.6 Å². The van der Waals surface area contributed by atoms with E-state index in [1.165, 1.54) is 32.1 Å². The molecule has 0 amide bonds. The molecule has 0 radical (unpaired) electrons. The van der Waals surface area contributed by atoms with Gasteiger partial charge in [-0.3, -0.25) is 0 Å². The highest BCUT2D eigenvalue weighted by atomic mass is 32.2. The molecule has 3 fully saturated rings. The molecular formula is C17H28N2O2S. The van der Waals surface area contributed by atoms with E-state index in [1.54, 1.807) is 0 Å². The van der Waals surface area contributed by atoms with Crippen LogP contribution in [0.4, 0.5) is 0 Å². The Balaban J connectivity index is 1.39. The highest BCUT2D eigenvalue weighted by Crippen LogP contribution is 2.59. The van der Waals surface area contributed by atoms with Gasteiger partial charge in [-0.05, 0) is 25.7 Å². The third-order valence-corrected chi connectivity index (χ3v) is 7.41. The first-order valence-corrected chi connectivity index (χ1v) is 9.69. The van der Waals surface area contributed by atoms with Gasteiger partial charge in [0, 0.05) is 18.3 Å².